The van der Waals surface area contributed by atoms with Crippen molar-refractivity contribution in [2.45, 2.75) is 0 Å². The first-order valence-electron chi connectivity index (χ1n) is 19.7. The molecule has 6 heteroatoms. The number of para-hydroxylation sites is 3. The lowest BCUT2D eigenvalue weighted by molar-refractivity contribution is 0.668. The Morgan fingerprint density at radius 1 is 0.356 bits per heavy atom. The highest BCUT2D eigenvalue weighted by molar-refractivity contribution is 6.13. The molecule has 0 N–H and O–H groups in total. The molecular formula is C53H32N4O2. The van der Waals surface area contributed by atoms with Gasteiger partial charge in [0.15, 0.2) is 17.5 Å². The molecule has 0 spiro atoms. The van der Waals surface area contributed by atoms with E-state index in [9.17, 15) is 0 Å². The Bertz CT molecular complexity index is 3580. The van der Waals surface area contributed by atoms with Crippen molar-refractivity contribution in [1.29, 1.82) is 0 Å². The van der Waals surface area contributed by atoms with E-state index in [1.807, 2.05) is 48.5 Å². The van der Waals surface area contributed by atoms with Crippen molar-refractivity contribution in [2.24, 2.45) is 0 Å². The summed E-state index contributed by atoms with van der Waals surface area (Å²) in [7, 11) is 0. The first-order chi connectivity index (χ1) is 29.2. The van der Waals surface area contributed by atoms with Crippen LogP contribution in [0.25, 0.3) is 99.6 Å². The predicted octanol–water partition coefficient (Wildman–Crippen LogP) is 14.4. The summed E-state index contributed by atoms with van der Waals surface area (Å²) in [5.41, 5.74) is 8.75. The smallest absolute Gasteiger partial charge is 0.167 e. The quantitative estimate of drug-likeness (QED) is 0.168. The van der Waals surface area contributed by atoms with E-state index in [2.05, 4.69) is 150 Å². The molecule has 3 aromatic heterocycles. The second kappa shape index (κ2) is 13.3. The van der Waals surface area contributed by atoms with Gasteiger partial charge in [-0.2, -0.15) is 0 Å². The van der Waals surface area contributed by atoms with Crippen molar-refractivity contribution in [3.63, 3.8) is 0 Å². The summed E-state index contributed by atoms with van der Waals surface area (Å²) in [4.78, 5) is 17.9. The molecule has 9 aromatic carbocycles. The fourth-order valence-corrected chi connectivity index (χ4v) is 8.55. The van der Waals surface area contributed by atoms with Crippen LogP contribution in [0, 0.1) is 0 Å². The fourth-order valence-electron chi connectivity index (χ4n) is 8.55. The highest BCUT2D eigenvalue weighted by Gasteiger charge is 2.22. The van der Waals surface area contributed by atoms with Crippen molar-refractivity contribution >= 4 is 82.5 Å². The summed E-state index contributed by atoms with van der Waals surface area (Å²) in [6.45, 7) is 0. The van der Waals surface area contributed by atoms with Gasteiger partial charge in [-0.05, 0) is 70.8 Å². The van der Waals surface area contributed by atoms with E-state index in [1.54, 1.807) is 0 Å². The Balaban J connectivity index is 1.06. The molecule has 0 aliphatic carbocycles. The van der Waals surface area contributed by atoms with Gasteiger partial charge in [-0.3, -0.25) is 0 Å². The first-order valence-corrected chi connectivity index (χ1v) is 19.7. The second-order valence-electron chi connectivity index (χ2n) is 14.8. The zero-order chi connectivity index (χ0) is 38.9. The summed E-state index contributed by atoms with van der Waals surface area (Å²) in [6, 6.07) is 66.9. The average molecular weight is 757 g/mol. The van der Waals surface area contributed by atoms with Gasteiger partial charge in [0, 0.05) is 55.5 Å². The number of benzene rings is 9. The van der Waals surface area contributed by atoms with Crippen LogP contribution in [0.4, 0.5) is 17.1 Å². The van der Waals surface area contributed by atoms with Gasteiger partial charge in [0.2, 0.25) is 0 Å². The van der Waals surface area contributed by atoms with Gasteiger partial charge < -0.3 is 13.7 Å². The maximum Gasteiger partial charge on any atom is 0.167 e. The second-order valence-corrected chi connectivity index (χ2v) is 14.8. The van der Waals surface area contributed by atoms with Gasteiger partial charge in [-0.25, -0.2) is 15.0 Å². The van der Waals surface area contributed by atoms with Crippen LogP contribution in [-0.2, 0) is 0 Å². The maximum atomic E-state index is 6.72. The Labute approximate surface area is 338 Å². The van der Waals surface area contributed by atoms with Crippen LogP contribution in [0.2, 0.25) is 0 Å². The van der Waals surface area contributed by atoms with Gasteiger partial charge >= 0.3 is 0 Å². The number of aromatic nitrogens is 3. The van der Waals surface area contributed by atoms with E-state index in [0.717, 1.165) is 93.8 Å². The summed E-state index contributed by atoms with van der Waals surface area (Å²) >= 11 is 0. The Morgan fingerprint density at radius 3 is 1.92 bits per heavy atom. The molecule has 0 radical (unpaired) electrons. The standard InChI is InChI=1S/C53H32N4O2/c1-2-17-37(18-3-1)57(45-24-10-16-34-14-6-7-19-39(34)45)38-29-30-42-48(32-38)58-47-26-12-22-43(49(42)47)52-54-51(36-28-27-33-13-4-5-15-35(33)31-36)55-53(56-52)44-23-11-21-41-40-20-8-9-25-46(40)59-50(41)44/h1-32H. The van der Waals surface area contributed by atoms with E-state index in [0.29, 0.717) is 17.5 Å². The Hall–Kier alpha value is -8.09. The lowest BCUT2D eigenvalue weighted by Gasteiger charge is -2.26. The molecule has 0 amide bonds. The van der Waals surface area contributed by atoms with Crippen molar-refractivity contribution in [3.8, 4) is 34.2 Å². The fraction of sp³-hybridized carbons (Fsp3) is 0. The molecule has 0 saturated heterocycles. The molecule has 0 saturated carbocycles. The monoisotopic (exact) mass is 756 g/mol. The third-order valence-corrected chi connectivity index (χ3v) is 11.3. The van der Waals surface area contributed by atoms with E-state index >= 15 is 0 Å². The van der Waals surface area contributed by atoms with Crippen molar-refractivity contribution in [3.05, 3.63) is 194 Å². The predicted molar refractivity (Wildman–Crippen MR) is 240 cm³/mol. The lowest BCUT2D eigenvalue weighted by atomic mass is 10.0. The van der Waals surface area contributed by atoms with Gasteiger partial charge in [-0.1, -0.05) is 133 Å². The molecule has 3 heterocycles. The van der Waals surface area contributed by atoms with Crippen molar-refractivity contribution in [2.75, 3.05) is 4.90 Å². The number of nitrogens with zero attached hydrogens (tertiary/aromatic N) is 4. The van der Waals surface area contributed by atoms with Gasteiger partial charge in [0.1, 0.15) is 22.3 Å². The molecule has 12 aromatic rings. The third kappa shape index (κ3) is 5.46. The topological polar surface area (TPSA) is 68.2 Å². The van der Waals surface area contributed by atoms with E-state index in [1.165, 1.54) is 5.39 Å². The van der Waals surface area contributed by atoms with Gasteiger partial charge in [0.05, 0.1) is 11.3 Å². The SMILES string of the molecule is c1ccc(N(c2ccc3c(c2)oc2cccc(-c4nc(-c5ccc6ccccc6c5)nc(-c5cccc6c5oc5ccccc56)n4)c23)c2cccc3ccccc23)cc1. The summed E-state index contributed by atoms with van der Waals surface area (Å²) in [5.74, 6) is 1.65. The van der Waals surface area contributed by atoms with Gasteiger partial charge in [0.25, 0.3) is 0 Å². The van der Waals surface area contributed by atoms with E-state index in [4.69, 9.17) is 23.8 Å². The minimum absolute atomic E-state index is 0.531. The molecule has 0 bridgehead atoms. The minimum Gasteiger partial charge on any atom is -0.456 e. The molecule has 0 unspecified atom stereocenters. The zero-order valence-electron chi connectivity index (χ0n) is 31.6. The van der Waals surface area contributed by atoms with E-state index < -0.39 is 0 Å². The van der Waals surface area contributed by atoms with Crippen molar-refractivity contribution in [1.82, 2.24) is 15.0 Å². The van der Waals surface area contributed by atoms with E-state index in [-0.39, 0.29) is 0 Å². The first kappa shape index (κ1) is 33.1. The molecule has 0 aliphatic heterocycles. The van der Waals surface area contributed by atoms with Crippen LogP contribution in [-0.4, -0.2) is 15.0 Å². The number of furan rings is 2. The van der Waals surface area contributed by atoms with Crippen LogP contribution < -0.4 is 4.90 Å². The van der Waals surface area contributed by atoms with Crippen LogP contribution in [0.3, 0.4) is 0 Å². The Morgan fingerprint density at radius 2 is 1.02 bits per heavy atom. The number of fused-ring (bicyclic) bond motifs is 8. The molecule has 276 valence electrons. The molecule has 0 atom stereocenters. The minimum atomic E-state index is 0.531. The summed E-state index contributed by atoms with van der Waals surface area (Å²) < 4.78 is 13.2. The Kier molecular flexibility index (Phi) is 7.43. The summed E-state index contributed by atoms with van der Waals surface area (Å²) in [6.07, 6.45) is 0. The highest BCUT2D eigenvalue weighted by Crippen LogP contribution is 2.43. The number of anilines is 3. The summed E-state index contributed by atoms with van der Waals surface area (Å²) in [5, 5.41) is 8.58. The average Bonchev–Trinajstić information content (AvgIpc) is 3.88. The number of hydrogen-bond donors (Lipinski definition) is 0. The molecule has 0 aliphatic rings. The van der Waals surface area contributed by atoms with Crippen LogP contribution >= 0.6 is 0 Å². The molecule has 0 fully saturated rings. The molecule has 6 nitrogen and oxygen atoms in total. The number of rotatable bonds is 6. The number of hydrogen-bond acceptors (Lipinski definition) is 6. The zero-order valence-corrected chi connectivity index (χ0v) is 31.6. The maximum absolute atomic E-state index is 6.72. The highest BCUT2D eigenvalue weighted by atomic mass is 16.3. The lowest BCUT2D eigenvalue weighted by Crippen LogP contribution is -2.10. The van der Waals surface area contributed by atoms with Crippen molar-refractivity contribution < 1.29 is 8.83 Å². The van der Waals surface area contributed by atoms with Crippen LogP contribution in [0.5, 0.6) is 0 Å². The van der Waals surface area contributed by atoms with Crippen LogP contribution in [0.1, 0.15) is 0 Å². The molecule has 59 heavy (non-hydrogen) atoms. The molecular weight excluding hydrogens is 725 g/mol. The normalized spacial score (nSPS) is 11.7. The molecule has 12 rings (SSSR count). The van der Waals surface area contributed by atoms with Gasteiger partial charge in [-0.15, -0.1) is 0 Å². The van der Waals surface area contributed by atoms with Crippen LogP contribution in [0.15, 0.2) is 203 Å². The third-order valence-electron chi connectivity index (χ3n) is 11.3. The largest absolute Gasteiger partial charge is 0.456 e.